The minimum Gasteiger partial charge on any atom is -0.330 e. The van der Waals surface area contributed by atoms with Gasteiger partial charge in [0, 0.05) is 19.6 Å². The van der Waals surface area contributed by atoms with E-state index in [9.17, 15) is 0 Å². The van der Waals surface area contributed by atoms with Crippen LogP contribution in [0.25, 0.3) is 0 Å². The number of nitrogens with two attached hydrogens (primary N) is 1. The van der Waals surface area contributed by atoms with Crippen molar-refractivity contribution in [1.82, 2.24) is 4.90 Å². The second-order valence-electron chi connectivity index (χ2n) is 4.98. The quantitative estimate of drug-likeness (QED) is 0.616. The molecule has 2 N–H and O–H groups in total. The highest BCUT2D eigenvalue weighted by molar-refractivity contribution is 4.98. The average Bonchev–Trinajstić information content (AvgIpc) is 2.02. The van der Waals surface area contributed by atoms with Gasteiger partial charge in [0.05, 0.1) is 0 Å². The van der Waals surface area contributed by atoms with Gasteiger partial charge in [-0.15, -0.1) is 0 Å². The van der Waals surface area contributed by atoms with Gasteiger partial charge in [0.1, 0.15) is 0 Å². The van der Waals surface area contributed by atoms with E-state index >= 15 is 0 Å². The fraction of sp³-hybridized carbons (Fsp3) is 1.00. The first-order chi connectivity index (χ1) is 5.86. The van der Waals surface area contributed by atoms with Gasteiger partial charge >= 0.3 is 0 Å². The van der Waals surface area contributed by atoms with Gasteiger partial charge < -0.3 is 10.6 Å². The van der Waals surface area contributed by atoms with Crippen LogP contribution in [-0.2, 0) is 0 Å². The molecule has 0 spiro atoms. The molecule has 3 aliphatic heterocycles. The van der Waals surface area contributed by atoms with Gasteiger partial charge in [-0.25, -0.2) is 0 Å². The van der Waals surface area contributed by atoms with Crippen LogP contribution in [0.15, 0.2) is 0 Å². The first-order valence-electron chi connectivity index (χ1n) is 5.29. The molecule has 0 aromatic carbocycles. The Morgan fingerprint density at radius 1 is 1.08 bits per heavy atom. The lowest BCUT2D eigenvalue weighted by molar-refractivity contribution is -0.0605. The van der Waals surface area contributed by atoms with Crippen LogP contribution in [0, 0.1) is 23.7 Å². The standard InChI is InChI=1S/C10H18N2/c11-3-10-8-1-7-2-9(10)6-12(4-7)5-8/h7-10H,1-6,11H2. The topological polar surface area (TPSA) is 29.3 Å². The molecule has 68 valence electrons. The van der Waals surface area contributed by atoms with Crippen LogP contribution in [0.4, 0.5) is 0 Å². The summed E-state index contributed by atoms with van der Waals surface area (Å²) in [5, 5.41) is 0. The van der Waals surface area contributed by atoms with Crippen molar-refractivity contribution >= 4 is 0 Å². The molecule has 4 rings (SSSR count). The minimum atomic E-state index is 0.873. The fourth-order valence-electron chi connectivity index (χ4n) is 3.89. The van der Waals surface area contributed by atoms with Crippen LogP contribution in [0.3, 0.4) is 0 Å². The summed E-state index contributed by atoms with van der Waals surface area (Å²) in [6, 6.07) is 0. The molecule has 2 unspecified atom stereocenters. The van der Waals surface area contributed by atoms with E-state index in [0.29, 0.717) is 0 Å². The van der Waals surface area contributed by atoms with E-state index in [2.05, 4.69) is 4.90 Å². The van der Waals surface area contributed by atoms with Crippen molar-refractivity contribution in [3.8, 4) is 0 Å². The third kappa shape index (κ3) is 0.882. The van der Waals surface area contributed by atoms with Gasteiger partial charge in [-0.05, 0) is 43.1 Å². The second-order valence-corrected chi connectivity index (χ2v) is 4.98. The second kappa shape index (κ2) is 2.46. The van der Waals surface area contributed by atoms with Gasteiger partial charge in [-0.2, -0.15) is 0 Å². The summed E-state index contributed by atoms with van der Waals surface area (Å²) < 4.78 is 0. The van der Waals surface area contributed by atoms with E-state index in [4.69, 9.17) is 5.73 Å². The summed E-state index contributed by atoms with van der Waals surface area (Å²) in [7, 11) is 0. The number of hydrogen-bond acceptors (Lipinski definition) is 2. The zero-order chi connectivity index (χ0) is 8.13. The normalized spacial score (nSPS) is 56.2. The van der Waals surface area contributed by atoms with Crippen LogP contribution in [0.2, 0.25) is 0 Å². The Labute approximate surface area is 74.1 Å². The van der Waals surface area contributed by atoms with Crippen LogP contribution in [0.5, 0.6) is 0 Å². The Hall–Kier alpha value is -0.0800. The van der Waals surface area contributed by atoms with E-state index in [-0.39, 0.29) is 0 Å². The summed E-state index contributed by atoms with van der Waals surface area (Å²) in [5.41, 5.74) is 5.84. The molecular formula is C10H18N2. The van der Waals surface area contributed by atoms with Crippen LogP contribution < -0.4 is 5.73 Å². The molecule has 2 atom stereocenters. The summed E-state index contributed by atoms with van der Waals surface area (Å²) in [6.45, 7) is 5.05. The maximum atomic E-state index is 5.84. The number of hydrogen-bond donors (Lipinski definition) is 1. The lowest BCUT2D eigenvalue weighted by Crippen LogP contribution is -2.59. The molecule has 0 radical (unpaired) electrons. The predicted molar refractivity (Wildman–Crippen MR) is 48.7 cm³/mol. The lowest BCUT2D eigenvalue weighted by atomic mass is 9.62. The molecule has 0 amide bonds. The number of nitrogens with zero attached hydrogens (tertiary/aromatic N) is 1. The molecule has 0 aromatic heterocycles. The SMILES string of the molecule is NCC1C2CC3CC1CN(C3)C2. The van der Waals surface area contributed by atoms with Crippen molar-refractivity contribution < 1.29 is 0 Å². The lowest BCUT2D eigenvalue weighted by Gasteiger charge is -2.55. The van der Waals surface area contributed by atoms with E-state index in [1.165, 1.54) is 32.5 Å². The molecule has 1 saturated carbocycles. The molecule has 2 nitrogen and oxygen atoms in total. The van der Waals surface area contributed by atoms with Gasteiger partial charge in [0.25, 0.3) is 0 Å². The van der Waals surface area contributed by atoms with Gasteiger partial charge in [-0.1, -0.05) is 0 Å². The third-order valence-corrected chi connectivity index (χ3v) is 4.26. The molecular weight excluding hydrogens is 148 g/mol. The molecule has 4 aliphatic rings. The highest BCUT2D eigenvalue weighted by Crippen LogP contribution is 2.46. The Balaban J connectivity index is 1.86. The zero-order valence-electron chi connectivity index (χ0n) is 7.58. The first kappa shape index (κ1) is 7.34. The molecule has 2 heteroatoms. The number of piperidine rings is 3. The van der Waals surface area contributed by atoms with Gasteiger partial charge in [0.2, 0.25) is 0 Å². The van der Waals surface area contributed by atoms with Crippen molar-refractivity contribution in [2.75, 3.05) is 26.2 Å². The molecule has 0 aromatic rings. The zero-order valence-corrected chi connectivity index (χ0v) is 7.58. The highest BCUT2D eigenvalue weighted by Gasteiger charge is 2.46. The summed E-state index contributed by atoms with van der Waals surface area (Å²) in [5.74, 6) is 3.82. The Kier molecular flexibility index (Phi) is 1.50. The van der Waals surface area contributed by atoms with Crippen molar-refractivity contribution in [1.29, 1.82) is 0 Å². The van der Waals surface area contributed by atoms with Crippen molar-refractivity contribution in [3.05, 3.63) is 0 Å². The minimum absolute atomic E-state index is 0.873. The highest BCUT2D eigenvalue weighted by atomic mass is 15.2. The first-order valence-corrected chi connectivity index (χ1v) is 5.29. The molecule has 12 heavy (non-hydrogen) atoms. The summed E-state index contributed by atoms with van der Waals surface area (Å²) in [4.78, 5) is 2.67. The number of rotatable bonds is 1. The maximum Gasteiger partial charge on any atom is 0.00132 e. The predicted octanol–water partition coefficient (Wildman–Crippen LogP) is 0.533. The molecule has 4 bridgehead atoms. The third-order valence-electron chi connectivity index (χ3n) is 4.26. The van der Waals surface area contributed by atoms with Crippen molar-refractivity contribution in [2.24, 2.45) is 29.4 Å². The summed E-state index contributed by atoms with van der Waals surface area (Å²) >= 11 is 0. The maximum absolute atomic E-state index is 5.84. The molecule has 3 saturated heterocycles. The Bertz CT molecular complexity index is 162. The van der Waals surface area contributed by atoms with Crippen LogP contribution in [-0.4, -0.2) is 31.1 Å². The van der Waals surface area contributed by atoms with Gasteiger partial charge in [0.15, 0.2) is 0 Å². The Morgan fingerprint density at radius 2 is 1.75 bits per heavy atom. The van der Waals surface area contributed by atoms with Crippen LogP contribution in [0.1, 0.15) is 12.8 Å². The van der Waals surface area contributed by atoms with Crippen molar-refractivity contribution in [2.45, 2.75) is 12.8 Å². The molecule has 1 aliphatic carbocycles. The van der Waals surface area contributed by atoms with E-state index < -0.39 is 0 Å². The monoisotopic (exact) mass is 166 g/mol. The molecule has 4 fully saturated rings. The van der Waals surface area contributed by atoms with E-state index in [1.807, 2.05) is 0 Å². The largest absolute Gasteiger partial charge is 0.330 e. The molecule has 3 heterocycles. The summed E-state index contributed by atoms with van der Waals surface area (Å²) in [6.07, 6.45) is 2.96. The van der Waals surface area contributed by atoms with Gasteiger partial charge in [-0.3, -0.25) is 0 Å². The smallest absolute Gasteiger partial charge is 0.00132 e. The average molecular weight is 166 g/mol. The van der Waals surface area contributed by atoms with Crippen molar-refractivity contribution in [3.63, 3.8) is 0 Å². The fourth-order valence-corrected chi connectivity index (χ4v) is 3.89. The van der Waals surface area contributed by atoms with Crippen LogP contribution >= 0.6 is 0 Å². The Morgan fingerprint density at radius 3 is 2.25 bits per heavy atom. The van der Waals surface area contributed by atoms with E-state index in [0.717, 1.165) is 30.2 Å². The van der Waals surface area contributed by atoms with E-state index in [1.54, 1.807) is 0 Å².